The van der Waals surface area contributed by atoms with Gasteiger partial charge in [-0.3, -0.25) is 4.79 Å². The molecular weight excluding hydrogens is 206 g/mol. The van der Waals surface area contributed by atoms with Gasteiger partial charge in [-0.1, -0.05) is 0 Å². The lowest BCUT2D eigenvalue weighted by Crippen LogP contribution is -2.50. The molecule has 2 fully saturated rings. The molecule has 4 nitrogen and oxygen atoms in total. The Morgan fingerprint density at radius 1 is 1.44 bits per heavy atom. The van der Waals surface area contributed by atoms with Crippen LogP contribution in [0.3, 0.4) is 0 Å². The minimum Gasteiger partial charge on any atom is -0.465 e. The van der Waals surface area contributed by atoms with Gasteiger partial charge in [-0.15, -0.1) is 0 Å². The molecule has 1 N–H and O–H groups in total. The third-order valence-corrected chi connectivity index (χ3v) is 3.81. The van der Waals surface area contributed by atoms with Crippen molar-refractivity contribution < 1.29 is 14.3 Å². The van der Waals surface area contributed by atoms with Gasteiger partial charge in [-0.2, -0.15) is 0 Å². The van der Waals surface area contributed by atoms with E-state index in [9.17, 15) is 4.79 Å². The van der Waals surface area contributed by atoms with Crippen molar-refractivity contribution in [2.24, 2.45) is 5.41 Å². The molecule has 0 aliphatic carbocycles. The maximum atomic E-state index is 11.7. The summed E-state index contributed by atoms with van der Waals surface area (Å²) < 4.78 is 10.5. The van der Waals surface area contributed by atoms with Crippen LogP contribution < -0.4 is 5.32 Å². The molecule has 0 radical (unpaired) electrons. The van der Waals surface area contributed by atoms with Gasteiger partial charge in [0, 0.05) is 13.2 Å². The van der Waals surface area contributed by atoms with E-state index in [1.807, 2.05) is 6.92 Å². The van der Waals surface area contributed by atoms with Crippen molar-refractivity contribution in [3.63, 3.8) is 0 Å². The number of carbonyl (C=O) groups excluding carboxylic acids is 1. The Morgan fingerprint density at radius 2 is 2.19 bits per heavy atom. The summed E-state index contributed by atoms with van der Waals surface area (Å²) in [6, 6.07) is -0.105. The molecule has 2 heterocycles. The summed E-state index contributed by atoms with van der Waals surface area (Å²) in [5.41, 5.74) is 0.320. The molecular formula is C12H21NO3. The van der Waals surface area contributed by atoms with Gasteiger partial charge in [-0.05, 0) is 44.6 Å². The largest absolute Gasteiger partial charge is 0.465 e. The van der Waals surface area contributed by atoms with Crippen LogP contribution in [0.5, 0.6) is 0 Å². The van der Waals surface area contributed by atoms with Gasteiger partial charge in [-0.25, -0.2) is 0 Å². The van der Waals surface area contributed by atoms with Crippen molar-refractivity contribution in [1.29, 1.82) is 0 Å². The number of hydrogen-bond donors (Lipinski definition) is 1. The normalized spacial score (nSPS) is 28.9. The van der Waals surface area contributed by atoms with Crippen molar-refractivity contribution in [3.8, 4) is 0 Å². The van der Waals surface area contributed by atoms with Crippen molar-refractivity contribution in [1.82, 2.24) is 5.32 Å². The Morgan fingerprint density at radius 3 is 2.88 bits per heavy atom. The Balaban J connectivity index is 1.94. The number of esters is 1. The molecule has 0 aromatic heterocycles. The first-order valence-corrected chi connectivity index (χ1v) is 6.23. The number of rotatable bonds is 2. The van der Waals surface area contributed by atoms with Crippen LogP contribution in [0.15, 0.2) is 0 Å². The number of piperidine rings is 1. The van der Waals surface area contributed by atoms with E-state index in [0.717, 1.165) is 45.4 Å². The van der Waals surface area contributed by atoms with E-state index in [2.05, 4.69) is 5.32 Å². The van der Waals surface area contributed by atoms with Crippen LogP contribution in [-0.4, -0.2) is 38.4 Å². The third-order valence-electron chi connectivity index (χ3n) is 3.81. The summed E-state index contributed by atoms with van der Waals surface area (Å²) in [5, 5.41) is 3.26. The average Bonchev–Trinajstić information content (AvgIpc) is 2.30. The van der Waals surface area contributed by atoms with Gasteiger partial charge in [0.25, 0.3) is 0 Å². The highest BCUT2D eigenvalue weighted by Crippen LogP contribution is 2.40. The van der Waals surface area contributed by atoms with Crippen molar-refractivity contribution in [3.05, 3.63) is 0 Å². The fourth-order valence-corrected chi connectivity index (χ4v) is 2.79. The number of nitrogens with one attached hydrogen (secondary N) is 1. The van der Waals surface area contributed by atoms with Gasteiger partial charge in [0.15, 0.2) is 0 Å². The van der Waals surface area contributed by atoms with Gasteiger partial charge in [0.1, 0.15) is 6.04 Å². The lowest BCUT2D eigenvalue weighted by Gasteiger charge is -2.43. The van der Waals surface area contributed by atoms with E-state index < -0.39 is 0 Å². The fourth-order valence-electron chi connectivity index (χ4n) is 2.79. The summed E-state index contributed by atoms with van der Waals surface area (Å²) in [5.74, 6) is -0.0898. The summed E-state index contributed by atoms with van der Waals surface area (Å²) >= 11 is 0. The maximum absolute atomic E-state index is 11.7. The molecule has 2 saturated heterocycles. The van der Waals surface area contributed by atoms with Gasteiger partial charge < -0.3 is 14.8 Å². The second-order valence-corrected chi connectivity index (χ2v) is 4.83. The Labute approximate surface area is 96.7 Å². The predicted octanol–water partition coefficient (Wildman–Crippen LogP) is 1.10. The summed E-state index contributed by atoms with van der Waals surface area (Å²) in [6.07, 6.45) is 4.25. The molecule has 1 spiro atoms. The number of carbonyl (C=O) groups is 1. The standard InChI is InChI=1S/C12H21NO3/c1-2-16-11(14)10-9-12(3-6-13-10)4-7-15-8-5-12/h10,13H,2-9H2,1H3. The van der Waals surface area contributed by atoms with Crippen LogP contribution in [0.1, 0.15) is 32.6 Å². The molecule has 2 aliphatic rings. The van der Waals surface area contributed by atoms with E-state index in [-0.39, 0.29) is 12.0 Å². The molecule has 2 rings (SSSR count). The molecule has 0 saturated carbocycles. The SMILES string of the molecule is CCOC(=O)C1CC2(CCN1)CCOCC2. The van der Waals surface area contributed by atoms with Crippen LogP contribution >= 0.6 is 0 Å². The molecule has 0 bridgehead atoms. The highest BCUT2D eigenvalue weighted by Gasteiger charge is 2.40. The zero-order valence-corrected chi connectivity index (χ0v) is 9.96. The zero-order valence-electron chi connectivity index (χ0n) is 9.96. The quantitative estimate of drug-likeness (QED) is 0.718. The molecule has 0 aromatic carbocycles. The van der Waals surface area contributed by atoms with E-state index in [4.69, 9.17) is 9.47 Å². The van der Waals surface area contributed by atoms with Crippen LogP contribution in [-0.2, 0) is 14.3 Å². The lowest BCUT2D eigenvalue weighted by atomic mass is 9.70. The van der Waals surface area contributed by atoms with Crippen LogP contribution in [0.4, 0.5) is 0 Å². The Bertz CT molecular complexity index is 243. The summed E-state index contributed by atoms with van der Waals surface area (Å²) in [4.78, 5) is 11.7. The van der Waals surface area contributed by atoms with Crippen molar-refractivity contribution >= 4 is 5.97 Å². The van der Waals surface area contributed by atoms with Gasteiger partial charge in [0.05, 0.1) is 6.61 Å². The summed E-state index contributed by atoms with van der Waals surface area (Å²) in [6.45, 7) is 4.92. The highest BCUT2D eigenvalue weighted by atomic mass is 16.5. The molecule has 1 atom stereocenters. The molecule has 0 aromatic rings. The van der Waals surface area contributed by atoms with Crippen LogP contribution in [0, 0.1) is 5.41 Å². The number of hydrogen-bond acceptors (Lipinski definition) is 4. The zero-order chi connectivity index (χ0) is 11.4. The van der Waals surface area contributed by atoms with Gasteiger partial charge >= 0.3 is 5.97 Å². The summed E-state index contributed by atoms with van der Waals surface area (Å²) in [7, 11) is 0. The molecule has 92 valence electrons. The highest BCUT2D eigenvalue weighted by molar-refractivity contribution is 5.76. The third kappa shape index (κ3) is 2.55. The molecule has 2 aliphatic heterocycles. The molecule has 0 amide bonds. The minimum atomic E-state index is -0.105. The minimum absolute atomic E-state index is 0.0898. The van der Waals surface area contributed by atoms with E-state index in [0.29, 0.717) is 12.0 Å². The van der Waals surface area contributed by atoms with Crippen LogP contribution in [0.2, 0.25) is 0 Å². The first-order valence-electron chi connectivity index (χ1n) is 6.23. The first kappa shape index (κ1) is 11.9. The van der Waals surface area contributed by atoms with E-state index >= 15 is 0 Å². The first-order chi connectivity index (χ1) is 7.76. The van der Waals surface area contributed by atoms with Gasteiger partial charge in [0.2, 0.25) is 0 Å². The Kier molecular flexibility index (Phi) is 3.82. The second-order valence-electron chi connectivity index (χ2n) is 4.83. The van der Waals surface area contributed by atoms with Crippen LogP contribution in [0.25, 0.3) is 0 Å². The number of ether oxygens (including phenoxy) is 2. The monoisotopic (exact) mass is 227 g/mol. The average molecular weight is 227 g/mol. The molecule has 16 heavy (non-hydrogen) atoms. The molecule has 4 heteroatoms. The molecule has 1 unspecified atom stereocenters. The fraction of sp³-hybridized carbons (Fsp3) is 0.917. The van der Waals surface area contributed by atoms with Crippen molar-refractivity contribution in [2.45, 2.75) is 38.6 Å². The maximum Gasteiger partial charge on any atom is 0.323 e. The Hall–Kier alpha value is -0.610. The van der Waals surface area contributed by atoms with Crippen molar-refractivity contribution in [2.75, 3.05) is 26.4 Å². The topological polar surface area (TPSA) is 47.6 Å². The predicted molar refractivity (Wildman–Crippen MR) is 60.1 cm³/mol. The second kappa shape index (κ2) is 5.15. The van der Waals surface area contributed by atoms with E-state index in [1.54, 1.807) is 0 Å². The smallest absolute Gasteiger partial charge is 0.323 e. The lowest BCUT2D eigenvalue weighted by molar-refractivity contribution is -0.148. The van der Waals surface area contributed by atoms with E-state index in [1.165, 1.54) is 0 Å².